The van der Waals surface area contributed by atoms with Crippen molar-refractivity contribution in [2.24, 2.45) is 0 Å². The second-order valence-corrected chi connectivity index (χ2v) is 3.88. The Bertz CT molecular complexity index is 516. The van der Waals surface area contributed by atoms with Gasteiger partial charge in [0, 0.05) is 6.07 Å². The molecule has 18 heavy (non-hydrogen) atoms. The van der Waals surface area contributed by atoms with Gasteiger partial charge < -0.3 is 19.3 Å². The normalized spacial score (nSPS) is 10.4. The van der Waals surface area contributed by atoms with Gasteiger partial charge in [-0.05, 0) is 29.1 Å². The average molecular weight is 248 g/mol. The highest BCUT2D eigenvalue weighted by Gasteiger charge is 2.12. The molecule has 0 fully saturated rings. The molecule has 2 aromatic carbocycles. The molecule has 0 bridgehead atoms. The summed E-state index contributed by atoms with van der Waals surface area (Å²) in [7, 11) is 4.81. The van der Waals surface area contributed by atoms with Crippen molar-refractivity contribution < 1.29 is 19.3 Å². The van der Waals surface area contributed by atoms with Gasteiger partial charge in [0.2, 0.25) is 0 Å². The second kappa shape index (κ2) is 5.14. The summed E-state index contributed by atoms with van der Waals surface area (Å²) < 4.78 is 15.9. The Balaban J connectivity index is 2.80. The number of hydrogen-bond acceptors (Lipinski definition) is 4. The Morgan fingerprint density at radius 2 is 1.56 bits per heavy atom. The van der Waals surface area contributed by atoms with Crippen molar-refractivity contribution in [1.29, 1.82) is 0 Å². The summed E-state index contributed by atoms with van der Waals surface area (Å²) in [5, 5.41) is 11.0. The van der Waals surface area contributed by atoms with Gasteiger partial charge in [-0.3, -0.25) is 0 Å². The van der Waals surface area contributed by atoms with Crippen LogP contribution in [-0.4, -0.2) is 26.4 Å². The van der Waals surface area contributed by atoms with Gasteiger partial charge in [0.25, 0.3) is 0 Å². The third kappa shape index (κ3) is 2.07. The largest absolute Gasteiger partial charge is 0.497 e. The topological polar surface area (TPSA) is 47.9 Å². The lowest BCUT2D eigenvalue weighted by atomic mass is 10.0. The molecule has 0 heterocycles. The Kier molecular flexibility index (Phi) is 3.58. The Labute approximate surface area is 106 Å². The zero-order valence-corrected chi connectivity index (χ0v) is 10.7. The summed E-state index contributed by atoms with van der Waals surface area (Å²) in [5.74, 6) is 2.07. The minimum Gasteiger partial charge on any atom is -0.497 e. The standard InChI is InChI=1S/C14H16O4/c1-16-11-6-10-4-9(8-15)5-12(17-2)14(10)13(7-11)18-3/h4-7,15H,8H2,1-3H3. The first kappa shape index (κ1) is 12.5. The molecule has 0 unspecified atom stereocenters. The highest BCUT2D eigenvalue weighted by Crippen LogP contribution is 2.38. The summed E-state index contributed by atoms with van der Waals surface area (Å²) in [5.41, 5.74) is 0.787. The van der Waals surface area contributed by atoms with Gasteiger partial charge in [-0.25, -0.2) is 0 Å². The SMILES string of the molecule is COc1cc(OC)c2c(OC)cc(CO)cc2c1. The number of methoxy groups -OCH3 is 3. The van der Waals surface area contributed by atoms with Crippen LogP contribution >= 0.6 is 0 Å². The van der Waals surface area contributed by atoms with Gasteiger partial charge in [0.15, 0.2) is 0 Å². The van der Waals surface area contributed by atoms with Crippen molar-refractivity contribution in [2.75, 3.05) is 21.3 Å². The van der Waals surface area contributed by atoms with E-state index in [0.29, 0.717) is 17.2 Å². The molecule has 0 aromatic heterocycles. The third-order valence-electron chi connectivity index (χ3n) is 2.87. The Morgan fingerprint density at radius 3 is 2.11 bits per heavy atom. The zero-order valence-electron chi connectivity index (χ0n) is 10.7. The first-order valence-corrected chi connectivity index (χ1v) is 5.57. The predicted octanol–water partition coefficient (Wildman–Crippen LogP) is 2.36. The number of fused-ring (bicyclic) bond motifs is 1. The second-order valence-electron chi connectivity index (χ2n) is 3.88. The van der Waals surface area contributed by atoms with E-state index in [4.69, 9.17) is 14.2 Å². The quantitative estimate of drug-likeness (QED) is 0.902. The maximum atomic E-state index is 9.25. The fourth-order valence-corrected chi connectivity index (χ4v) is 2.00. The van der Waals surface area contributed by atoms with Gasteiger partial charge in [0.05, 0.1) is 33.3 Å². The molecular weight excluding hydrogens is 232 g/mol. The van der Waals surface area contributed by atoms with E-state index in [1.54, 1.807) is 27.4 Å². The number of hydrogen-bond donors (Lipinski definition) is 1. The fourth-order valence-electron chi connectivity index (χ4n) is 2.00. The van der Waals surface area contributed by atoms with Crippen LogP contribution in [0.25, 0.3) is 10.8 Å². The molecule has 96 valence electrons. The molecule has 0 saturated heterocycles. The van der Waals surface area contributed by atoms with Crippen LogP contribution in [0.4, 0.5) is 0 Å². The monoisotopic (exact) mass is 248 g/mol. The van der Waals surface area contributed by atoms with E-state index in [-0.39, 0.29) is 6.61 Å². The van der Waals surface area contributed by atoms with E-state index < -0.39 is 0 Å². The third-order valence-corrected chi connectivity index (χ3v) is 2.87. The van der Waals surface area contributed by atoms with Crippen LogP contribution < -0.4 is 14.2 Å². The van der Waals surface area contributed by atoms with Crippen LogP contribution in [0.2, 0.25) is 0 Å². The van der Waals surface area contributed by atoms with Crippen molar-refractivity contribution in [3.8, 4) is 17.2 Å². The van der Waals surface area contributed by atoms with Crippen molar-refractivity contribution in [2.45, 2.75) is 6.61 Å². The molecule has 0 aliphatic rings. The molecule has 0 saturated carbocycles. The first-order valence-electron chi connectivity index (χ1n) is 5.57. The van der Waals surface area contributed by atoms with Gasteiger partial charge in [-0.2, -0.15) is 0 Å². The van der Waals surface area contributed by atoms with Crippen LogP contribution in [0.5, 0.6) is 17.2 Å². The Hall–Kier alpha value is -1.94. The molecule has 4 heteroatoms. The predicted molar refractivity (Wildman–Crippen MR) is 69.5 cm³/mol. The van der Waals surface area contributed by atoms with Crippen LogP contribution in [0.3, 0.4) is 0 Å². The molecule has 2 rings (SSSR count). The smallest absolute Gasteiger partial charge is 0.134 e. The lowest BCUT2D eigenvalue weighted by Crippen LogP contribution is -1.94. The molecule has 0 spiro atoms. The van der Waals surface area contributed by atoms with E-state index in [0.717, 1.165) is 16.3 Å². The lowest BCUT2D eigenvalue weighted by Gasteiger charge is -2.13. The van der Waals surface area contributed by atoms with Crippen molar-refractivity contribution in [3.63, 3.8) is 0 Å². The van der Waals surface area contributed by atoms with Crippen LogP contribution in [0, 0.1) is 0 Å². The summed E-state index contributed by atoms with van der Waals surface area (Å²) in [6.45, 7) is -0.0359. The minimum absolute atomic E-state index is 0.0359. The maximum absolute atomic E-state index is 9.25. The molecule has 0 amide bonds. The molecule has 4 nitrogen and oxygen atoms in total. The molecule has 1 N–H and O–H groups in total. The van der Waals surface area contributed by atoms with Crippen LogP contribution in [0.15, 0.2) is 24.3 Å². The van der Waals surface area contributed by atoms with E-state index >= 15 is 0 Å². The number of aliphatic hydroxyl groups is 1. The maximum Gasteiger partial charge on any atom is 0.134 e. The van der Waals surface area contributed by atoms with Crippen LogP contribution in [0.1, 0.15) is 5.56 Å². The molecule has 2 aromatic rings. The van der Waals surface area contributed by atoms with Gasteiger partial charge in [-0.1, -0.05) is 0 Å². The number of ether oxygens (including phenoxy) is 3. The van der Waals surface area contributed by atoms with Crippen molar-refractivity contribution in [3.05, 3.63) is 29.8 Å². The lowest BCUT2D eigenvalue weighted by molar-refractivity contribution is 0.281. The number of benzene rings is 2. The summed E-state index contributed by atoms with van der Waals surface area (Å²) >= 11 is 0. The van der Waals surface area contributed by atoms with Gasteiger partial charge in [-0.15, -0.1) is 0 Å². The Morgan fingerprint density at radius 1 is 0.889 bits per heavy atom. The molecule has 0 aliphatic carbocycles. The zero-order chi connectivity index (χ0) is 13.1. The molecular formula is C14H16O4. The van der Waals surface area contributed by atoms with Gasteiger partial charge in [0.1, 0.15) is 17.2 Å². The first-order chi connectivity index (χ1) is 8.73. The fraction of sp³-hybridized carbons (Fsp3) is 0.286. The molecule has 0 atom stereocenters. The van der Waals surface area contributed by atoms with Crippen LogP contribution in [-0.2, 0) is 6.61 Å². The molecule has 0 radical (unpaired) electrons. The number of aliphatic hydroxyl groups excluding tert-OH is 1. The number of rotatable bonds is 4. The highest BCUT2D eigenvalue weighted by atomic mass is 16.5. The van der Waals surface area contributed by atoms with E-state index in [1.807, 2.05) is 18.2 Å². The summed E-state index contributed by atoms with van der Waals surface area (Å²) in [4.78, 5) is 0. The summed E-state index contributed by atoms with van der Waals surface area (Å²) in [6.07, 6.45) is 0. The minimum atomic E-state index is -0.0359. The summed E-state index contributed by atoms with van der Waals surface area (Å²) in [6, 6.07) is 7.39. The van der Waals surface area contributed by atoms with E-state index in [2.05, 4.69) is 0 Å². The highest BCUT2D eigenvalue weighted by molar-refractivity contribution is 5.95. The van der Waals surface area contributed by atoms with Crippen molar-refractivity contribution in [1.82, 2.24) is 0 Å². The van der Waals surface area contributed by atoms with E-state index in [1.165, 1.54) is 0 Å². The van der Waals surface area contributed by atoms with Gasteiger partial charge >= 0.3 is 0 Å². The average Bonchev–Trinajstić information content (AvgIpc) is 2.44. The van der Waals surface area contributed by atoms with Crippen molar-refractivity contribution >= 4 is 10.8 Å². The van der Waals surface area contributed by atoms with E-state index in [9.17, 15) is 5.11 Å². The molecule has 0 aliphatic heterocycles.